The van der Waals surface area contributed by atoms with E-state index in [9.17, 15) is 29.4 Å². The van der Waals surface area contributed by atoms with Gasteiger partial charge < -0.3 is 68.2 Å². The second kappa shape index (κ2) is 30.0. The molecule has 4 unspecified atom stereocenters. The lowest BCUT2D eigenvalue weighted by molar-refractivity contribution is -0.141. The minimum atomic E-state index is -0.931. The van der Waals surface area contributed by atoms with Crippen molar-refractivity contribution < 1.29 is 76.8 Å². The lowest BCUT2D eigenvalue weighted by atomic mass is 9.92. The highest BCUT2D eigenvalue weighted by Crippen LogP contribution is 2.22. The molecule has 4 N–H and O–H groups in total. The Bertz CT molecular complexity index is 989. The van der Waals surface area contributed by atoms with Gasteiger partial charge in [-0.2, -0.15) is 0 Å². The maximum absolute atomic E-state index is 12.2. The molecule has 53 heavy (non-hydrogen) atoms. The van der Waals surface area contributed by atoms with Crippen LogP contribution < -0.4 is 10.6 Å². The zero-order valence-electron chi connectivity index (χ0n) is 32.1. The van der Waals surface area contributed by atoms with Crippen LogP contribution in [0.4, 0.5) is 9.59 Å². The van der Waals surface area contributed by atoms with Gasteiger partial charge in [0.1, 0.15) is 25.4 Å². The minimum absolute atomic E-state index is 0.00953. The molecule has 0 aliphatic heterocycles. The molecule has 0 saturated carbocycles. The number of carbonyl (C=O) groups excluding carboxylic acids is 4. The molecule has 18 heteroatoms. The summed E-state index contributed by atoms with van der Waals surface area (Å²) in [6.07, 6.45) is -4.13. The molecule has 4 atom stereocenters. The Kier molecular flexibility index (Phi) is 28.1. The molecule has 0 aliphatic carbocycles. The number of aliphatic hydroxyl groups excluding tert-OH is 2. The molecule has 0 aromatic rings. The standard InChI is InChI=1S/C35H62N2O16/c1-25(2)31(40)50-15-13-44-11-9-36-33(42)52-29(7)19-48-23-35(21-46-17-27(5)38,22-47-18-28(6)39)24-49-20-30(8)53-34(43)37-10-12-45-14-16-51-32(41)26(3)4/h27-30,38-39H,1,3,9-24H2,2,4-8H3,(H,36,42)(H,37,43). The molecular formula is C35H62N2O16. The van der Waals surface area contributed by atoms with Gasteiger partial charge in [0.15, 0.2) is 0 Å². The Hall–Kier alpha value is -3.36. The van der Waals surface area contributed by atoms with Gasteiger partial charge in [-0.1, -0.05) is 13.2 Å². The largest absolute Gasteiger partial charge is 0.460 e. The zero-order valence-corrected chi connectivity index (χ0v) is 32.1. The van der Waals surface area contributed by atoms with E-state index in [0.717, 1.165) is 0 Å². The van der Waals surface area contributed by atoms with Crippen LogP contribution in [-0.2, 0) is 57.0 Å². The van der Waals surface area contributed by atoms with Crippen LogP contribution in [0.15, 0.2) is 24.3 Å². The van der Waals surface area contributed by atoms with E-state index in [4.69, 9.17) is 47.4 Å². The summed E-state index contributed by atoms with van der Waals surface area (Å²) in [6.45, 7) is 17.8. The van der Waals surface area contributed by atoms with Crippen molar-refractivity contribution in [3.63, 3.8) is 0 Å². The fraction of sp³-hybridized carbons (Fsp3) is 0.771. The number of aliphatic hydroxyl groups is 2. The molecule has 18 nitrogen and oxygen atoms in total. The van der Waals surface area contributed by atoms with Crippen LogP contribution in [0, 0.1) is 5.41 Å². The third-order valence-corrected chi connectivity index (χ3v) is 6.32. The third-order valence-electron chi connectivity index (χ3n) is 6.32. The van der Waals surface area contributed by atoms with Crippen LogP contribution in [0.5, 0.6) is 0 Å². The smallest absolute Gasteiger partial charge is 0.407 e. The second-order valence-electron chi connectivity index (χ2n) is 12.6. The van der Waals surface area contributed by atoms with Gasteiger partial charge in [-0.15, -0.1) is 0 Å². The van der Waals surface area contributed by atoms with Gasteiger partial charge >= 0.3 is 24.1 Å². The van der Waals surface area contributed by atoms with Gasteiger partial charge in [0.05, 0.1) is 96.9 Å². The van der Waals surface area contributed by atoms with Gasteiger partial charge in [-0.05, 0) is 41.5 Å². The molecule has 0 aliphatic rings. The van der Waals surface area contributed by atoms with Crippen molar-refractivity contribution in [1.29, 1.82) is 0 Å². The highest BCUT2D eigenvalue weighted by atomic mass is 16.6. The van der Waals surface area contributed by atoms with Crippen molar-refractivity contribution >= 4 is 24.1 Å². The average molecular weight is 767 g/mol. The van der Waals surface area contributed by atoms with E-state index in [0.29, 0.717) is 11.1 Å². The minimum Gasteiger partial charge on any atom is -0.460 e. The first-order valence-electron chi connectivity index (χ1n) is 17.4. The summed E-state index contributed by atoms with van der Waals surface area (Å²) in [5.41, 5.74) is -0.350. The van der Waals surface area contributed by atoms with E-state index in [1.54, 1.807) is 41.5 Å². The first-order valence-corrected chi connectivity index (χ1v) is 17.4. The van der Waals surface area contributed by atoms with Crippen molar-refractivity contribution in [3.8, 4) is 0 Å². The summed E-state index contributed by atoms with van der Waals surface area (Å²) < 4.78 is 54.5. The predicted octanol–water partition coefficient (Wildman–Crippen LogP) is 1.30. The van der Waals surface area contributed by atoms with Crippen molar-refractivity contribution in [1.82, 2.24) is 10.6 Å². The van der Waals surface area contributed by atoms with Crippen molar-refractivity contribution in [2.75, 3.05) is 106 Å². The van der Waals surface area contributed by atoms with Crippen molar-refractivity contribution in [3.05, 3.63) is 24.3 Å². The molecule has 0 bridgehead atoms. The van der Waals surface area contributed by atoms with E-state index in [1.165, 1.54) is 0 Å². The van der Waals surface area contributed by atoms with E-state index < -0.39 is 54.0 Å². The van der Waals surface area contributed by atoms with Gasteiger partial charge in [0, 0.05) is 24.2 Å². The second-order valence-corrected chi connectivity index (χ2v) is 12.6. The summed E-state index contributed by atoms with van der Waals surface area (Å²) in [6, 6.07) is 0. The van der Waals surface area contributed by atoms with Gasteiger partial charge in [-0.3, -0.25) is 0 Å². The summed E-state index contributed by atoms with van der Waals surface area (Å²) in [5.74, 6) is -1.01. The molecule has 0 radical (unpaired) electrons. The topological polar surface area (TPSA) is 225 Å². The third kappa shape index (κ3) is 28.8. The van der Waals surface area contributed by atoms with Crippen LogP contribution in [0.1, 0.15) is 41.5 Å². The molecule has 0 saturated heterocycles. The zero-order chi connectivity index (χ0) is 40.1. The molecule has 0 rings (SSSR count). The number of carbonyl (C=O) groups is 4. The van der Waals surface area contributed by atoms with Crippen LogP contribution in [-0.4, -0.2) is 164 Å². The summed E-state index contributed by atoms with van der Waals surface area (Å²) in [4.78, 5) is 47.1. The Morgan fingerprint density at radius 1 is 0.547 bits per heavy atom. The fourth-order valence-electron chi connectivity index (χ4n) is 3.83. The number of alkyl carbamates (subject to hydrolysis) is 2. The normalized spacial score (nSPS) is 14.5. The van der Waals surface area contributed by atoms with Crippen molar-refractivity contribution in [2.45, 2.75) is 66.0 Å². The molecule has 2 amide bonds. The highest BCUT2D eigenvalue weighted by Gasteiger charge is 2.34. The number of ether oxygens (including phenoxy) is 10. The molecule has 0 heterocycles. The van der Waals surface area contributed by atoms with Gasteiger partial charge in [-0.25, -0.2) is 19.2 Å². The van der Waals surface area contributed by atoms with Crippen LogP contribution in [0.25, 0.3) is 0 Å². The predicted molar refractivity (Wildman–Crippen MR) is 190 cm³/mol. The van der Waals surface area contributed by atoms with E-state index in [-0.39, 0.29) is 106 Å². The molecule has 0 aromatic heterocycles. The van der Waals surface area contributed by atoms with Crippen LogP contribution in [0.3, 0.4) is 0 Å². The monoisotopic (exact) mass is 766 g/mol. The number of hydrogen-bond acceptors (Lipinski definition) is 16. The fourth-order valence-corrected chi connectivity index (χ4v) is 3.83. The van der Waals surface area contributed by atoms with Crippen LogP contribution >= 0.6 is 0 Å². The summed E-state index contributed by atoms with van der Waals surface area (Å²) in [7, 11) is 0. The first kappa shape index (κ1) is 49.6. The number of nitrogens with one attached hydrogen (secondary N) is 2. The summed E-state index contributed by atoms with van der Waals surface area (Å²) in [5, 5.41) is 24.6. The first-order chi connectivity index (χ1) is 25.1. The molecule has 308 valence electrons. The van der Waals surface area contributed by atoms with Gasteiger partial charge in [0.2, 0.25) is 0 Å². The number of amides is 2. The average Bonchev–Trinajstić information content (AvgIpc) is 3.06. The maximum atomic E-state index is 12.2. The van der Waals surface area contributed by atoms with E-state index in [2.05, 4.69) is 23.8 Å². The number of rotatable bonds is 32. The number of hydrogen-bond donors (Lipinski definition) is 4. The van der Waals surface area contributed by atoms with Gasteiger partial charge in [0.25, 0.3) is 0 Å². The van der Waals surface area contributed by atoms with Crippen molar-refractivity contribution in [2.24, 2.45) is 5.41 Å². The van der Waals surface area contributed by atoms with E-state index in [1.807, 2.05) is 0 Å². The Morgan fingerprint density at radius 2 is 0.887 bits per heavy atom. The highest BCUT2D eigenvalue weighted by molar-refractivity contribution is 5.87. The Labute approximate surface area is 312 Å². The Morgan fingerprint density at radius 3 is 1.21 bits per heavy atom. The number of esters is 2. The quantitative estimate of drug-likeness (QED) is 0.0328. The molecule has 0 aromatic carbocycles. The van der Waals surface area contributed by atoms with E-state index >= 15 is 0 Å². The summed E-state index contributed by atoms with van der Waals surface area (Å²) >= 11 is 0. The molecule has 0 fully saturated rings. The molecule has 0 spiro atoms. The SMILES string of the molecule is C=C(C)C(=O)OCCOCCNC(=O)OC(C)COCC(COCC(C)O)(COCC(C)O)COCC(C)OC(=O)NCCOCCOC(=O)C(=C)C. The Balaban J connectivity index is 4.87. The van der Waals surface area contributed by atoms with Crippen LogP contribution in [0.2, 0.25) is 0 Å². The maximum Gasteiger partial charge on any atom is 0.407 e. The molecular weight excluding hydrogens is 704 g/mol. The lowest BCUT2D eigenvalue weighted by Gasteiger charge is -2.34. The lowest BCUT2D eigenvalue weighted by Crippen LogP contribution is -2.44.